The summed E-state index contributed by atoms with van der Waals surface area (Å²) in [5, 5.41) is 3.72. The van der Waals surface area contributed by atoms with E-state index in [2.05, 4.69) is 42.6 Å². The largest absolute Gasteiger partial charge is 0.314 e. The first-order valence-electron chi connectivity index (χ1n) is 7.17. The molecule has 0 saturated heterocycles. The fraction of sp³-hybridized carbons (Fsp3) is 0.625. The maximum atomic E-state index is 3.72. The van der Waals surface area contributed by atoms with Gasteiger partial charge in [0.25, 0.3) is 0 Å². The van der Waals surface area contributed by atoms with Crippen molar-refractivity contribution >= 4 is 0 Å². The summed E-state index contributed by atoms with van der Waals surface area (Å²) in [6, 6.07) is 11.7. The molecular formula is C16H23N. The smallest absolute Gasteiger partial charge is 0.0141 e. The van der Waals surface area contributed by atoms with Crippen LogP contribution in [-0.4, -0.2) is 12.6 Å². The first kappa shape index (κ1) is 11.3. The molecule has 0 amide bonds. The van der Waals surface area contributed by atoms with Crippen molar-refractivity contribution in [2.45, 2.75) is 38.6 Å². The molecule has 0 heterocycles. The van der Waals surface area contributed by atoms with E-state index < -0.39 is 0 Å². The third-order valence-corrected chi connectivity index (χ3v) is 4.70. The van der Waals surface area contributed by atoms with Crippen LogP contribution in [-0.2, 0) is 6.42 Å². The van der Waals surface area contributed by atoms with E-state index in [0.29, 0.717) is 0 Å². The molecule has 2 fully saturated rings. The minimum Gasteiger partial charge on any atom is -0.314 e. The van der Waals surface area contributed by atoms with E-state index in [1.54, 1.807) is 0 Å². The summed E-state index contributed by atoms with van der Waals surface area (Å²) in [6.07, 6.45) is 5.68. The molecule has 1 aromatic carbocycles. The molecule has 1 heteroatoms. The zero-order valence-electron chi connectivity index (χ0n) is 10.7. The molecule has 3 unspecified atom stereocenters. The van der Waals surface area contributed by atoms with Crippen LogP contribution in [0.3, 0.4) is 0 Å². The van der Waals surface area contributed by atoms with Gasteiger partial charge in [-0.15, -0.1) is 0 Å². The topological polar surface area (TPSA) is 12.0 Å². The van der Waals surface area contributed by atoms with Gasteiger partial charge in [-0.05, 0) is 49.1 Å². The van der Waals surface area contributed by atoms with Crippen LogP contribution in [0.25, 0.3) is 0 Å². The van der Waals surface area contributed by atoms with Crippen molar-refractivity contribution in [3.8, 4) is 0 Å². The Kier molecular flexibility index (Phi) is 3.19. The number of likely N-dealkylation sites (N-methyl/N-ethyl adjacent to an activating group) is 1. The van der Waals surface area contributed by atoms with Crippen molar-refractivity contribution in [2.75, 3.05) is 6.54 Å². The van der Waals surface area contributed by atoms with Crippen LogP contribution in [0.5, 0.6) is 0 Å². The van der Waals surface area contributed by atoms with Crippen molar-refractivity contribution in [2.24, 2.45) is 17.8 Å². The lowest BCUT2D eigenvalue weighted by atomic mass is 9.97. The van der Waals surface area contributed by atoms with Gasteiger partial charge in [-0.25, -0.2) is 0 Å². The molecule has 92 valence electrons. The molecule has 0 radical (unpaired) electrons. The van der Waals surface area contributed by atoms with Gasteiger partial charge >= 0.3 is 0 Å². The van der Waals surface area contributed by atoms with Crippen LogP contribution >= 0.6 is 0 Å². The standard InChI is InChI=1S/C16H23N/c1-2-17-15(11-12-7-4-3-5-8-12)16-13-9-6-10-14(13)16/h3-5,7-8,13-17H,2,6,9-11H2,1H3. The second kappa shape index (κ2) is 4.81. The summed E-state index contributed by atoms with van der Waals surface area (Å²) in [6.45, 7) is 3.34. The molecule has 0 bridgehead atoms. The first-order chi connectivity index (χ1) is 8.40. The number of hydrogen-bond donors (Lipinski definition) is 1. The van der Waals surface area contributed by atoms with E-state index in [9.17, 15) is 0 Å². The summed E-state index contributed by atoms with van der Waals surface area (Å²) in [5.41, 5.74) is 1.49. The second-order valence-corrected chi connectivity index (χ2v) is 5.69. The Morgan fingerprint density at radius 1 is 1.18 bits per heavy atom. The normalized spacial score (nSPS) is 32.2. The molecule has 0 aromatic heterocycles. The number of hydrogen-bond acceptors (Lipinski definition) is 1. The van der Waals surface area contributed by atoms with Gasteiger partial charge in [0.05, 0.1) is 0 Å². The zero-order chi connectivity index (χ0) is 11.7. The lowest BCUT2D eigenvalue weighted by molar-refractivity contribution is 0.411. The highest BCUT2D eigenvalue weighted by atomic mass is 14.9. The first-order valence-corrected chi connectivity index (χ1v) is 7.17. The quantitative estimate of drug-likeness (QED) is 0.817. The Morgan fingerprint density at radius 2 is 1.88 bits per heavy atom. The molecular weight excluding hydrogens is 206 g/mol. The van der Waals surface area contributed by atoms with E-state index >= 15 is 0 Å². The van der Waals surface area contributed by atoms with Crippen LogP contribution in [0.15, 0.2) is 30.3 Å². The predicted octanol–water partition coefficient (Wildman–Crippen LogP) is 3.25. The van der Waals surface area contributed by atoms with Crippen molar-refractivity contribution in [1.29, 1.82) is 0 Å². The van der Waals surface area contributed by atoms with Crippen LogP contribution in [0.2, 0.25) is 0 Å². The fourth-order valence-electron chi connectivity index (χ4n) is 3.95. The lowest BCUT2D eigenvalue weighted by Crippen LogP contribution is -2.34. The Bertz CT molecular complexity index is 349. The van der Waals surface area contributed by atoms with Crippen LogP contribution in [0.1, 0.15) is 31.7 Å². The fourth-order valence-corrected chi connectivity index (χ4v) is 3.95. The Balaban J connectivity index is 1.65. The van der Waals surface area contributed by atoms with Crippen LogP contribution in [0.4, 0.5) is 0 Å². The lowest BCUT2D eigenvalue weighted by Gasteiger charge is -2.20. The van der Waals surface area contributed by atoms with Crippen molar-refractivity contribution in [3.05, 3.63) is 35.9 Å². The second-order valence-electron chi connectivity index (χ2n) is 5.69. The highest BCUT2D eigenvalue weighted by Crippen LogP contribution is 2.59. The van der Waals surface area contributed by atoms with Crippen molar-refractivity contribution in [3.63, 3.8) is 0 Å². The van der Waals surface area contributed by atoms with E-state index in [0.717, 1.165) is 30.3 Å². The molecule has 0 aliphatic heterocycles. The molecule has 2 saturated carbocycles. The van der Waals surface area contributed by atoms with Gasteiger partial charge in [-0.3, -0.25) is 0 Å². The van der Waals surface area contributed by atoms with Gasteiger partial charge < -0.3 is 5.32 Å². The van der Waals surface area contributed by atoms with Gasteiger partial charge in [-0.2, -0.15) is 0 Å². The summed E-state index contributed by atoms with van der Waals surface area (Å²) in [5.74, 6) is 3.09. The molecule has 3 rings (SSSR count). The Morgan fingerprint density at radius 3 is 2.53 bits per heavy atom. The van der Waals surface area contributed by atoms with E-state index in [4.69, 9.17) is 0 Å². The summed E-state index contributed by atoms with van der Waals surface area (Å²) in [4.78, 5) is 0. The SMILES string of the molecule is CCNC(Cc1ccccc1)C1C2CCCC21. The van der Waals surface area contributed by atoms with Gasteiger partial charge in [-0.1, -0.05) is 43.7 Å². The minimum atomic E-state index is 0.720. The van der Waals surface area contributed by atoms with Gasteiger partial charge in [0, 0.05) is 6.04 Å². The number of rotatable bonds is 5. The van der Waals surface area contributed by atoms with Gasteiger partial charge in [0.15, 0.2) is 0 Å². The summed E-state index contributed by atoms with van der Waals surface area (Å²) >= 11 is 0. The van der Waals surface area contributed by atoms with Crippen molar-refractivity contribution in [1.82, 2.24) is 5.32 Å². The van der Waals surface area contributed by atoms with Crippen LogP contribution < -0.4 is 5.32 Å². The van der Waals surface area contributed by atoms with Gasteiger partial charge in [0.1, 0.15) is 0 Å². The van der Waals surface area contributed by atoms with Crippen molar-refractivity contribution < 1.29 is 0 Å². The molecule has 2 aliphatic rings. The Labute approximate surface area is 105 Å². The monoisotopic (exact) mass is 229 g/mol. The maximum absolute atomic E-state index is 3.72. The van der Waals surface area contributed by atoms with Crippen LogP contribution in [0, 0.1) is 17.8 Å². The zero-order valence-corrected chi connectivity index (χ0v) is 10.7. The third kappa shape index (κ3) is 2.26. The van der Waals surface area contributed by atoms with E-state index in [-0.39, 0.29) is 0 Å². The average molecular weight is 229 g/mol. The number of nitrogens with one attached hydrogen (secondary N) is 1. The molecule has 3 atom stereocenters. The van der Waals surface area contributed by atoms with E-state index in [1.165, 1.54) is 31.2 Å². The Hall–Kier alpha value is -0.820. The van der Waals surface area contributed by atoms with E-state index in [1.807, 2.05) is 0 Å². The predicted molar refractivity (Wildman–Crippen MR) is 71.9 cm³/mol. The summed E-state index contributed by atoms with van der Waals surface area (Å²) in [7, 11) is 0. The summed E-state index contributed by atoms with van der Waals surface area (Å²) < 4.78 is 0. The van der Waals surface area contributed by atoms with Gasteiger partial charge in [0.2, 0.25) is 0 Å². The molecule has 1 N–H and O–H groups in total. The highest BCUT2D eigenvalue weighted by Gasteiger charge is 2.55. The molecule has 0 spiro atoms. The molecule has 17 heavy (non-hydrogen) atoms. The maximum Gasteiger partial charge on any atom is 0.0141 e. The minimum absolute atomic E-state index is 0.720. The molecule has 1 nitrogen and oxygen atoms in total. The highest BCUT2D eigenvalue weighted by molar-refractivity contribution is 5.18. The number of fused-ring (bicyclic) bond motifs is 1. The molecule has 2 aliphatic carbocycles. The average Bonchev–Trinajstić information content (AvgIpc) is 2.83. The molecule has 1 aromatic rings. The third-order valence-electron chi connectivity index (χ3n) is 4.70. The number of benzene rings is 1.